The van der Waals surface area contributed by atoms with E-state index in [0.29, 0.717) is 29.8 Å². The zero-order chi connectivity index (χ0) is 21.8. The molecule has 160 valence electrons. The normalized spacial score (nSPS) is 18.6. The molecule has 1 amide bonds. The molecule has 1 aromatic carbocycles. The first kappa shape index (κ1) is 21.4. The number of pyridine rings is 1. The van der Waals surface area contributed by atoms with E-state index in [-0.39, 0.29) is 11.9 Å². The van der Waals surface area contributed by atoms with Crippen LogP contribution in [0.5, 0.6) is 0 Å². The summed E-state index contributed by atoms with van der Waals surface area (Å²) in [6, 6.07) is 8.92. The van der Waals surface area contributed by atoms with E-state index in [0.717, 1.165) is 9.99 Å². The lowest BCUT2D eigenvalue weighted by Crippen LogP contribution is -2.48. The molecular formula is C21H20IN5O4. The van der Waals surface area contributed by atoms with Gasteiger partial charge in [-0.05, 0) is 60.6 Å². The fraction of sp³-hybridized carbons (Fsp3) is 0.286. The summed E-state index contributed by atoms with van der Waals surface area (Å²) in [5.41, 5.74) is 1.43. The number of halogens is 1. The van der Waals surface area contributed by atoms with Gasteiger partial charge in [-0.25, -0.2) is 4.79 Å². The maximum absolute atomic E-state index is 13.4. The van der Waals surface area contributed by atoms with Crippen molar-refractivity contribution in [1.82, 2.24) is 24.9 Å². The molecule has 9 nitrogen and oxygen atoms in total. The topological polar surface area (TPSA) is 99.4 Å². The smallest absolute Gasteiger partial charge is 0.333 e. The molecule has 1 fully saturated rings. The molecule has 1 aliphatic rings. The summed E-state index contributed by atoms with van der Waals surface area (Å²) >= 11 is 2.04. The first-order chi connectivity index (χ1) is 15.0. The molecule has 0 bridgehead atoms. The summed E-state index contributed by atoms with van der Waals surface area (Å²) in [4.78, 5) is 43.2. The SMILES string of the molecule is C[C@@H]1CC[C@@H](OOC(=O)c2cnccc2I)CN1C(=O)c1ccccc1-n1nccn1. The Bertz CT molecular complexity index is 1080. The third-order valence-corrected chi connectivity index (χ3v) is 6.06. The summed E-state index contributed by atoms with van der Waals surface area (Å²) in [6.45, 7) is 2.30. The third-order valence-electron chi connectivity index (χ3n) is 5.12. The fourth-order valence-corrected chi connectivity index (χ4v) is 3.96. The van der Waals surface area contributed by atoms with E-state index in [2.05, 4.69) is 15.2 Å². The number of hydrogen-bond donors (Lipinski definition) is 0. The van der Waals surface area contributed by atoms with Crippen molar-refractivity contribution in [3.05, 3.63) is 69.8 Å². The lowest BCUT2D eigenvalue weighted by atomic mass is 10.00. The molecule has 31 heavy (non-hydrogen) atoms. The molecule has 1 saturated heterocycles. The molecule has 0 N–H and O–H groups in total. The molecule has 0 spiro atoms. The van der Waals surface area contributed by atoms with Gasteiger partial charge < -0.3 is 4.90 Å². The number of rotatable bonds is 5. The Morgan fingerprint density at radius 3 is 2.61 bits per heavy atom. The average molecular weight is 533 g/mol. The van der Waals surface area contributed by atoms with Crippen molar-refractivity contribution in [3.63, 3.8) is 0 Å². The Morgan fingerprint density at radius 2 is 1.84 bits per heavy atom. The zero-order valence-electron chi connectivity index (χ0n) is 16.7. The predicted octanol–water partition coefficient (Wildman–Crippen LogP) is 3.05. The highest BCUT2D eigenvalue weighted by Crippen LogP contribution is 2.24. The molecular weight excluding hydrogens is 513 g/mol. The highest BCUT2D eigenvalue weighted by molar-refractivity contribution is 14.1. The van der Waals surface area contributed by atoms with Gasteiger partial charge in [-0.1, -0.05) is 12.1 Å². The average Bonchev–Trinajstić information content (AvgIpc) is 3.33. The van der Waals surface area contributed by atoms with Crippen molar-refractivity contribution in [2.24, 2.45) is 0 Å². The van der Waals surface area contributed by atoms with E-state index in [1.807, 2.05) is 35.6 Å². The van der Waals surface area contributed by atoms with Gasteiger partial charge in [-0.3, -0.25) is 14.7 Å². The summed E-state index contributed by atoms with van der Waals surface area (Å²) in [6.07, 6.45) is 7.13. The standard InChI is InChI=1S/C21H20IN5O4/c1-14-6-7-15(30-31-21(29)17-12-23-9-8-18(17)22)13-26(14)20(28)16-4-2-3-5-19(16)27-24-10-11-25-27/h2-5,8-12,14-15H,6-7,13H2,1H3/t14-,15-/m1/s1. The second-order valence-corrected chi connectivity index (χ2v) is 8.33. The second kappa shape index (κ2) is 9.52. The Morgan fingerprint density at radius 1 is 1.06 bits per heavy atom. The number of hydrogen-bond acceptors (Lipinski definition) is 7. The number of carbonyl (C=O) groups is 2. The minimum Gasteiger partial charge on any atom is -0.333 e. The number of piperidine rings is 1. The van der Waals surface area contributed by atoms with E-state index >= 15 is 0 Å². The maximum Gasteiger partial charge on any atom is 0.375 e. The van der Waals surface area contributed by atoms with Crippen LogP contribution in [-0.4, -0.2) is 55.4 Å². The van der Waals surface area contributed by atoms with Crippen LogP contribution < -0.4 is 0 Å². The quantitative estimate of drug-likeness (QED) is 0.283. The van der Waals surface area contributed by atoms with Crippen molar-refractivity contribution in [3.8, 4) is 5.69 Å². The van der Waals surface area contributed by atoms with Crippen molar-refractivity contribution >= 4 is 34.5 Å². The minimum atomic E-state index is -0.607. The molecule has 0 aliphatic carbocycles. The van der Waals surface area contributed by atoms with Crippen molar-refractivity contribution < 1.29 is 19.4 Å². The van der Waals surface area contributed by atoms with Crippen LogP contribution in [0.1, 0.15) is 40.5 Å². The molecule has 1 aliphatic heterocycles. The summed E-state index contributed by atoms with van der Waals surface area (Å²) in [5.74, 6) is -0.758. The van der Waals surface area contributed by atoms with Crippen molar-refractivity contribution in [2.45, 2.75) is 31.9 Å². The Balaban J connectivity index is 1.46. The number of nitrogens with zero attached hydrogens (tertiary/aromatic N) is 5. The van der Waals surface area contributed by atoms with Crippen molar-refractivity contribution in [1.29, 1.82) is 0 Å². The number of para-hydroxylation sites is 1. The van der Waals surface area contributed by atoms with Gasteiger partial charge in [0.1, 0.15) is 6.10 Å². The molecule has 3 heterocycles. The lowest BCUT2D eigenvalue weighted by Gasteiger charge is -2.37. The van der Waals surface area contributed by atoms with Crippen molar-refractivity contribution in [2.75, 3.05) is 6.54 Å². The van der Waals surface area contributed by atoms with E-state index in [1.54, 1.807) is 47.8 Å². The van der Waals surface area contributed by atoms with Gasteiger partial charge in [0.2, 0.25) is 0 Å². The number of amides is 1. The fourth-order valence-electron chi connectivity index (χ4n) is 3.44. The number of carbonyl (C=O) groups excluding carboxylic acids is 2. The van der Waals surface area contributed by atoms with Crippen LogP contribution in [0.2, 0.25) is 0 Å². The third kappa shape index (κ3) is 4.74. The zero-order valence-corrected chi connectivity index (χ0v) is 18.9. The van der Waals surface area contributed by atoms with Gasteiger partial charge in [0.15, 0.2) is 0 Å². The maximum atomic E-state index is 13.4. The largest absolute Gasteiger partial charge is 0.375 e. The lowest BCUT2D eigenvalue weighted by molar-refractivity contribution is -0.281. The molecule has 0 saturated carbocycles. The molecule has 10 heteroatoms. The Kier molecular flexibility index (Phi) is 6.56. The predicted molar refractivity (Wildman–Crippen MR) is 118 cm³/mol. The van der Waals surface area contributed by atoms with Gasteiger partial charge in [0, 0.05) is 22.0 Å². The van der Waals surface area contributed by atoms with E-state index in [1.165, 1.54) is 11.0 Å². The van der Waals surface area contributed by atoms with Gasteiger partial charge >= 0.3 is 5.97 Å². The highest BCUT2D eigenvalue weighted by Gasteiger charge is 2.32. The Labute approximate surface area is 192 Å². The van der Waals surface area contributed by atoms with E-state index < -0.39 is 12.1 Å². The number of likely N-dealkylation sites (tertiary alicyclic amines) is 1. The second-order valence-electron chi connectivity index (χ2n) is 7.16. The van der Waals surface area contributed by atoms with Crippen LogP contribution in [0, 0.1) is 3.57 Å². The van der Waals surface area contributed by atoms with Crippen LogP contribution in [0.25, 0.3) is 5.69 Å². The molecule has 0 radical (unpaired) electrons. The van der Waals surface area contributed by atoms with Crippen LogP contribution in [0.15, 0.2) is 55.1 Å². The molecule has 0 unspecified atom stereocenters. The first-order valence-corrected chi connectivity index (χ1v) is 10.9. The van der Waals surface area contributed by atoms with E-state index in [4.69, 9.17) is 9.78 Å². The summed E-state index contributed by atoms with van der Waals surface area (Å²) in [7, 11) is 0. The van der Waals surface area contributed by atoms with Crippen LogP contribution in [-0.2, 0) is 9.78 Å². The van der Waals surface area contributed by atoms with Crippen LogP contribution in [0.3, 0.4) is 0 Å². The monoisotopic (exact) mass is 533 g/mol. The Hall–Kier alpha value is -2.86. The highest BCUT2D eigenvalue weighted by atomic mass is 127. The van der Waals surface area contributed by atoms with Gasteiger partial charge in [0.25, 0.3) is 5.91 Å². The molecule has 3 aromatic rings. The number of benzene rings is 1. The molecule has 2 atom stereocenters. The molecule has 2 aromatic heterocycles. The van der Waals surface area contributed by atoms with Gasteiger partial charge in [-0.2, -0.15) is 19.9 Å². The van der Waals surface area contributed by atoms with Crippen LogP contribution >= 0.6 is 22.6 Å². The minimum absolute atomic E-state index is 0.0148. The van der Waals surface area contributed by atoms with Crippen LogP contribution in [0.4, 0.5) is 0 Å². The van der Waals surface area contributed by atoms with Gasteiger partial charge in [0.05, 0.1) is 35.8 Å². The summed E-state index contributed by atoms with van der Waals surface area (Å²) < 4.78 is 0.721. The summed E-state index contributed by atoms with van der Waals surface area (Å²) in [5, 5.41) is 8.28. The first-order valence-electron chi connectivity index (χ1n) is 9.78. The molecule has 4 rings (SSSR count). The number of aromatic nitrogens is 4. The van der Waals surface area contributed by atoms with E-state index in [9.17, 15) is 9.59 Å². The van der Waals surface area contributed by atoms with Gasteiger partial charge in [-0.15, -0.1) is 0 Å².